The van der Waals surface area contributed by atoms with Crippen LogP contribution in [0.3, 0.4) is 0 Å². The number of hydrogen-bond acceptors (Lipinski definition) is 5. The zero-order valence-electron chi connectivity index (χ0n) is 17.1. The number of nitrogens with zero attached hydrogens (tertiary/aromatic N) is 4. The summed E-state index contributed by atoms with van der Waals surface area (Å²) in [6.45, 7) is 4.06. The lowest BCUT2D eigenvalue weighted by Crippen LogP contribution is -2.46. The van der Waals surface area contributed by atoms with Crippen LogP contribution in [0.25, 0.3) is 0 Å². The normalized spacial score (nSPS) is 14.4. The van der Waals surface area contributed by atoms with Gasteiger partial charge in [0.2, 0.25) is 5.91 Å². The molecule has 3 aromatic rings. The molecule has 0 saturated carbocycles. The van der Waals surface area contributed by atoms with Crippen molar-refractivity contribution in [3.05, 3.63) is 88.5 Å². The highest BCUT2D eigenvalue weighted by Crippen LogP contribution is 2.14. The van der Waals surface area contributed by atoms with Gasteiger partial charge in [-0.15, -0.1) is 0 Å². The van der Waals surface area contributed by atoms with Gasteiger partial charge < -0.3 is 10.2 Å². The average molecular weight is 421 g/mol. The predicted molar refractivity (Wildman–Crippen MR) is 117 cm³/mol. The number of piperazine rings is 1. The summed E-state index contributed by atoms with van der Waals surface area (Å²) in [4.78, 5) is 29.0. The molecule has 2 heterocycles. The molecule has 8 heteroatoms. The van der Waals surface area contributed by atoms with Crippen molar-refractivity contribution in [1.29, 1.82) is 0 Å². The van der Waals surface area contributed by atoms with Crippen molar-refractivity contribution in [2.24, 2.45) is 0 Å². The van der Waals surface area contributed by atoms with Crippen LogP contribution in [0.4, 0.5) is 15.9 Å². The maximum atomic E-state index is 13.0. The van der Waals surface area contributed by atoms with Gasteiger partial charge in [-0.3, -0.25) is 14.5 Å². The van der Waals surface area contributed by atoms with Gasteiger partial charge >= 0.3 is 0 Å². The maximum Gasteiger partial charge on any atom is 0.267 e. The summed E-state index contributed by atoms with van der Waals surface area (Å²) in [6, 6.07) is 19.0. The third-order valence-electron chi connectivity index (χ3n) is 5.22. The minimum atomic E-state index is -0.397. The van der Waals surface area contributed by atoms with Crippen molar-refractivity contribution in [2.45, 2.75) is 13.1 Å². The molecule has 7 nitrogen and oxygen atoms in total. The lowest BCUT2D eigenvalue weighted by atomic mass is 10.2. The fourth-order valence-corrected chi connectivity index (χ4v) is 3.57. The van der Waals surface area contributed by atoms with Gasteiger partial charge in [-0.2, -0.15) is 5.10 Å². The predicted octanol–water partition coefficient (Wildman–Crippen LogP) is 2.34. The largest absolute Gasteiger partial charge is 0.353 e. The van der Waals surface area contributed by atoms with Gasteiger partial charge in [0.1, 0.15) is 18.2 Å². The second kappa shape index (κ2) is 9.53. The first-order valence-electron chi connectivity index (χ1n) is 10.2. The lowest BCUT2D eigenvalue weighted by Gasteiger charge is -2.35. The van der Waals surface area contributed by atoms with Crippen LogP contribution in [0.2, 0.25) is 0 Å². The third kappa shape index (κ3) is 5.55. The molecule has 1 aliphatic rings. The molecule has 0 atom stereocenters. The van der Waals surface area contributed by atoms with E-state index in [1.807, 2.05) is 18.2 Å². The molecule has 1 fully saturated rings. The third-order valence-corrected chi connectivity index (χ3v) is 5.22. The zero-order chi connectivity index (χ0) is 21.6. The van der Waals surface area contributed by atoms with E-state index in [4.69, 9.17) is 0 Å². The molecule has 0 bridgehead atoms. The van der Waals surface area contributed by atoms with Crippen LogP contribution in [0.1, 0.15) is 5.56 Å². The van der Waals surface area contributed by atoms with Gasteiger partial charge in [0.05, 0.1) is 0 Å². The number of benzene rings is 2. The number of amides is 1. The molecule has 4 rings (SSSR count). The first-order chi connectivity index (χ1) is 15.1. The van der Waals surface area contributed by atoms with Gasteiger partial charge in [0, 0.05) is 44.5 Å². The fourth-order valence-electron chi connectivity index (χ4n) is 3.57. The van der Waals surface area contributed by atoms with E-state index in [2.05, 4.69) is 32.3 Å². The molecule has 1 saturated heterocycles. The van der Waals surface area contributed by atoms with E-state index in [9.17, 15) is 14.0 Å². The number of carbonyl (C=O) groups excluding carboxylic acids is 1. The number of rotatable bonds is 6. The van der Waals surface area contributed by atoms with Crippen LogP contribution >= 0.6 is 0 Å². The van der Waals surface area contributed by atoms with Gasteiger partial charge in [-0.1, -0.05) is 30.3 Å². The summed E-state index contributed by atoms with van der Waals surface area (Å²) >= 11 is 0. The topological polar surface area (TPSA) is 70.5 Å². The Balaban J connectivity index is 1.36. The molecule has 31 heavy (non-hydrogen) atoms. The van der Waals surface area contributed by atoms with Crippen LogP contribution in [0, 0.1) is 5.82 Å². The van der Waals surface area contributed by atoms with Crippen LogP contribution in [-0.2, 0) is 17.9 Å². The SMILES string of the molecule is O=C(Cn1nc(N2CCN(Cc3ccccc3)CC2)ccc1=O)Nc1ccc(F)cc1. The molecule has 0 unspecified atom stereocenters. The standard InChI is InChI=1S/C23H24FN5O2/c24-19-6-8-20(9-7-19)25-22(30)17-29-23(31)11-10-21(26-29)28-14-12-27(13-15-28)16-18-4-2-1-3-5-18/h1-11H,12-17H2,(H,25,30). The van der Waals surface area contributed by atoms with Crippen molar-refractivity contribution in [2.75, 3.05) is 36.4 Å². The molecule has 160 valence electrons. The van der Waals surface area contributed by atoms with Crippen molar-refractivity contribution in [1.82, 2.24) is 14.7 Å². The van der Waals surface area contributed by atoms with Crippen LogP contribution in [0.15, 0.2) is 71.5 Å². The second-order valence-corrected chi connectivity index (χ2v) is 7.49. The monoisotopic (exact) mass is 421 g/mol. The Kier molecular flexibility index (Phi) is 6.37. The Hall–Kier alpha value is -3.52. The smallest absolute Gasteiger partial charge is 0.267 e. The second-order valence-electron chi connectivity index (χ2n) is 7.49. The number of anilines is 2. The molecule has 1 aromatic heterocycles. The Bertz CT molecular complexity index is 1080. The maximum absolute atomic E-state index is 13.0. The van der Waals surface area contributed by atoms with E-state index >= 15 is 0 Å². The van der Waals surface area contributed by atoms with Crippen molar-refractivity contribution >= 4 is 17.4 Å². The average Bonchev–Trinajstić information content (AvgIpc) is 2.78. The van der Waals surface area contributed by atoms with Crippen molar-refractivity contribution in [3.63, 3.8) is 0 Å². The fraction of sp³-hybridized carbons (Fsp3) is 0.261. The van der Waals surface area contributed by atoms with E-state index < -0.39 is 5.91 Å². The van der Waals surface area contributed by atoms with E-state index in [-0.39, 0.29) is 17.9 Å². The number of carbonyl (C=O) groups is 1. The summed E-state index contributed by atoms with van der Waals surface area (Å²) in [7, 11) is 0. The molecule has 0 spiro atoms. The number of hydrogen-bond donors (Lipinski definition) is 1. The van der Waals surface area contributed by atoms with Crippen molar-refractivity contribution < 1.29 is 9.18 Å². The van der Waals surface area contributed by atoms with Gasteiger partial charge in [-0.25, -0.2) is 9.07 Å². The van der Waals surface area contributed by atoms with E-state index in [1.54, 1.807) is 6.07 Å². The molecule has 1 amide bonds. The Morgan fingerprint density at radius 3 is 2.35 bits per heavy atom. The Morgan fingerprint density at radius 2 is 1.65 bits per heavy atom. The van der Waals surface area contributed by atoms with Crippen LogP contribution in [0.5, 0.6) is 0 Å². The first-order valence-corrected chi connectivity index (χ1v) is 10.2. The summed E-state index contributed by atoms with van der Waals surface area (Å²) in [5, 5.41) is 7.04. The minimum absolute atomic E-state index is 0.210. The number of halogens is 1. The summed E-state index contributed by atoms with van der Waals surface area (Å²) in [5.74, 6) is -0.105. The van der Waals surface area contributed by atoms with Gasteiger partial charge in [0.15, 0.2) is 0 Å². The Morgan fingerprint density at radius 1 is 0.935 bits per heavy atom. The summed E-state index contributed by atoms with van der Waals surface area (Å²) in [5.41, 5.74) is 1.40. The van der Waals surface area contributed by atoms with Gasteiger partial charge in [-0.05, 0) is 35.9 Å². The molecular formula is C23H24FN5O2. The molecule has 2 aromatic carbocycles. The molecule has 1 N–H and O–H groups in total. The molecule has 0 aliphatic carbocycles. The first kappa shape index (κ1) is 20.7. The summed E-state index contributed by atoms with van der Waals surface area (Å²) in [6.07, 6.45) is 0. The highest BCUT2D eigenvalue weighted by molar-refractivity contribution is 5.90. The quantitative estimate of drug-likeness (QED) is 0.662. The lowest BCUT2D eigenvalue weighted by molar-refractivity contribution is -0.117. The minimum Gasteiger partial charge on any atom is -0.353 e. The number of nitrogens with one attached hydrogen (secondary N) is 1. The van der Waals surface area contributed by atoms with E-state index in [0.717, 1.165) is 37.4 Å². The van der Waals surface area contributed by atoms with Gasteiger partial charge in [0.25, 0.3) is 5.56 Å². The molecule has 1 aliphatic heterocycles. The van der Waals surface area contributed by atoms with E-state index in [0.29, 0.717) is 11.5 Å². The number of aromatic nitrogens is 2. The van der Waals surface area contributed by atoms with Crippen LogP contribution < -0.4 is 15.8 Å². The zero-order valence-corrected chi connectivity index (χ0v) is 17.1. The summed E-state index contributed by atoms with van der Waals surface area (Å²) < 4.78 is 14.2. The molecular weight excluding hydrogens is 397 g/mol. The van der Waals surface area contributed by atoms with E-state index in [1.165, 1.54) is 35.9 Å². The highest BCUT2D eigenvalue weighted by atomic mass is 19.1. The Labute approximate surface area is 179 Å². The molecule has 0 radical (unpaired) electrons. The van der Waals surface area contributed by atoms with Crippen molar-refractivity contribution in [3.8, 4) is 0 Å². The highest BCUT2D eigenvalue weighted by Gasteiger charge is 2.19. The van der Waals surface area contributed by atoms with Crippen LogP contribution in [-0.4, -0.2) is 46.8 Å².